The van der Waals surface area contributed by atoms with Crippen molar-refractivity contribution in [1.29, 1.82) is 0 Å². The third kappa shape index (κ3) is 3.19. The number of rotatable bonds is 5. The molecule has 0 heterocycles. The first-order chi connectivity index (χ1) is 9.02. The van der Waals surface area contributed by atoms with Crippen LogP contribution in [0.15, 0.2) is 18.2 Å². The van der Waals surface area contributed by atoms with Crippen molar-refractivity contribution in [2.24, 2.45) is 5.92 Å². The first-order valence-corrected chi connectivity index (χ1v) is 6.89. The fraction of sp³-hybridized carbons (Fsp3) is 0.533. The Bertz CT molecular complexity index is 466. The lowest BCUT2D eigenvalue weighted by Crippen LogP contribution is -2.27. The number of nitrogens with two attached hydrogens (primary N) is 1. The van der Waals surface area contributed by atoms with Gasteiger partial charge in [-0.1, -0.05) is 0 Å². The Morgan fingerprint density at radius 1 is 1.37 bits per heavy atom. The molecule has 0 radical (unpaired) electrons. The van der Waals surface area contributed by atoms with Gasteiger partial charge in [-0.2, -0.15) is 0 Å². The lowest BCUT2D eigenvalue weighted by atomic mass is 10.1. The fourth-order valence-corrected chi connectivity index (χ4v) is 2.22. The molecule has 19 heavy (non-hydrogen) atoms. The molecule has 0 spiro atoms. The van der Waals surface area contributed by atoms with Crippen LogP contribution in [0, 0.1) is 5.92 Å². The summed E-state index contributed by atoms with van der Waals surface area (Å²) in [6.45, 7) is 4.09. The maximum atomic E-state index is 12.0. The molecule has 0 saturated heterocycles. The molecule has 0 bridgehead atoms. The highest BCUT2D eigenvalue weighted by Crippen LogP contribution is 2.33. The zero-order valence-electron chi connectivity index (χ0n) is 12.0. The first-order valence-electron chi connectivity index (χ1n) is 6.89. The molecule has 1 fully saturated rings. The van der Waals surface area contributed by atoms with Gasteiger partial charge in [-0.3, -0.25) is 4.79 Å². The summed E-state index contributed by atoms with van der Waals surface area (Å²) < 4.78 is 0. The summed E-state index contributed by atoms with van der Waals surface area (Å²) in [7, 11) is 3.53. The monoisotopic (exact) mass is 261 g/mol. The second kappa shape index (κ2) is 5.51. The number of anilines is 2. The summed E-state index contributed by atoms with van der Waals surface area (Å²) in [5.41, 5.74) is 8.51. The molecule has 1 aromatic carbocycles. The standard InChI is InChI=1S/C15H23N3O/c1-4-18(10-11-5-6-11)14-9-12(7-8-13(14)16)15(19)17(2)3/h7-9,11H,4-6,10,16H2,1-3H3. The summed E-state index contributed by atoms with van der Waals surface area (Å²) in [4.78, 5) is 15.9. The molecule has 1 aliphatic carbocycles. The van der Waals surface area contributed by atoms with Crippen molar-refractivity contribution in [3.63, 3.8) is 0 Å². The Balaban J connectivity index is 2.26. The van der Waals surface area contributed by atoms with Gasteiger partial charge in [-0.05, 0) is 43.9 Å². The predicted molar refractivity (Wildman–Crippen MR) is 79.5 cm³/mol. The van der Waals surface area contributed by atoms with E-state index in [4.69, 9.17) is 5.73 Å². The van der Waals surface area contributed by atoms with E-state index in [1.165, 1.54) is 12.8 Å². The maximum absolute atomic E-state index is 12.0. The van der Waals surface area contributed by atoms with E-state index in [9.17, 15) is 4.79 Å². The van der Waals surface area contributed by atoms with Crippen molar-refractivity contribution < 1.29 is 4.79 Å². The minimum atomic E-state index is 0.0173. The highest BCUT2D eigenvalue weighted by molar-refractivity contribution is 5.96. The van der Waals surface area contributed by atoms with Gasteiger partial charge in [0, 0.05) is 32.7 Å². The molecular weight excluding hydrogens is 238 g/mol. The Morgan fingerprint density at radius 3 is 2.58 bits per heavy atom. The van der Waals surface area contributed by atoms with Gasteiger partial charge in [0.2, 0.25) is 0 Å². The number of carbonyl (C=O) groups is 1. The smallest absolute Gasteiger partial charge is 0.253 e. The van der Waals surface area contributed by atoms with E-state index in [-0.39, 0.29) is 5.91 Å². The average molecular weight is 261 g/mol. The number of amides is 1. The van der Waals surface area contributed by atoms with E-state index < -0.39 is 0 Å². The lowest BCUT2D eigenvalue weighted by molar-refractivity contribution is 0.0827. The second-order valence-corrected chi connectivity index (χ2v) is 5.46. The predicted octanol–water partition coefficient (Wildman–Crippen LogP) is 2.21. The van der Waals surface area contributed by atoms with E-state index in [0.29, 0.717) is 5.56 Å². The van der Waals surface area contributed by atoms with Gasteiger partial charge >= 0.3 is 0 Å². The van der Waals surface area contributed by atoms with Crippen LogP contribution in [-0.2, 0) is 0 Å². The Hall–Kier alpha value is -1.71. The van der Waals surface area contributed by atoms with Crippen molar-refractivity contribution in [2.75, 3.05) is 37.8 Å². The van der Waals surface area contributed by atoms with Crippen LogP contribution in [0.25, 0.3) is 0 Å². The summed E-state index contributed by atoms with van der Waals surface area (Å²) in [6, 6.07) is 5.55. The van der Waals surface area contributed by atoms with Gasteiger partial charge in [0.25, 0.3) is 5.91 Å². The molecule has 0 atom stereocenters. The number of nitrogen functional groups attached to an aromatic ring is 1. The van der Waals surface area contributed by atoms with Crippen molar-refractivity contribution in [2.45, 2.75) is 19.8 Å². The number of carbonyl (C=O) groups excluding carboxylic acids is 1. The van der Waals surface area contributed by atoms with E-state index in [1.807, 2.05) is 12.1 Å². The molecule has 2 rings (SSSR count). The summed E-state index contributed by atoms with van der Waals surface area (Å²) >= 11 is 0. The van der Waals surface area contributed by atoms with Crippen LogP contribution in [0.4, 0.5) is 11.4 Å². The minimum absolute atomic E-state index is 0.0173. The van der Waals surface area contributed by atoms with E-state index in [2.05, 4.69) is 11.8 Å². The van der Waals surface area contributed by atoms with Crippen LogP contribution >= 0.6 is 0 Å². The van der Waals surface area contributed by atoms with Gasteiger partial charge in [-0.25, -0.2) is 0 Å². The molecule has 1 saturated carbocycles. The van der Waals surface area contributed by atoms with Gasteiger partial charge in [0.15, 0.2) is 0 Å². The van der Waals surface area contributed by atoms with Gasteiger partial charge < -0.3 is 15.5 Å². The quantitative estimate of drug-likeness (QED) is 0.827. The highest BCUT2D eigenvalue weighted by Gasteiger charge is 2.25. The molecule has 1 aromatic rings. The molecule has 104 valence electrons. The van der Waals surface area contributed by atoms with Crippen LogP contribution in [-0.4, -0.2) is 38.0 Å². The third-order valence-corrected chi connectivity index (χ3v) is 3.58. The molecular formula is C15H23N3O. The van der Waals surface area contributed by atoms with E-state index in [0.717, 1.165) is 30.4 Å². The van der Waals surface area contributed by atoms with Crippen LogP contribution < -0.4 is 10.6 Å². The summed E-state index contributed by atoms with van der Waals surface area (Å²) in [5.74, 6) is 0.816. The van der Waals surface area contributed by atoms with E-state index >= 15 is 0 Å². The molecule has 1 aliphatic rings. The fourth-order valence-electron chi connectivity index (χ4n) is 2.22. The summed E-state index contributed by atoms with van der Waals surface area (Å²) in [6.07, 6.45) is 2.62. The Labute approximate surface area is 115 Å². The normalized spacial score (nSPS) is 14.3. The minimum Gasteiger partial charge on any atom is -0.397 e. The molecule has 4 nitrogen and oxygen atoms in total. The third-order valence-electron chi connectivity index (χ3n) is 3.58. The Kier molecular flexibility index (Phi) is 3.98. The maximum Gasteiger partial charge on any atom is 0.253 e. The molecule has 0 aromatic heterocycles. The number of hydrogen-bond donors (Lipinski definition) is 1. The van der Waals surface area contributed by atoms with Gasteiger partial charge in [0.05, 0.1) is 11.4 Å². The number of hydrogen-bond acceptors (Lipinski definition) is 3. The number of benzene rings is 1. The van der Waals surface area contributed by atoms with E-state index in [1.54, 1.807) is 25.1 Å². The lowest BCUT2D eigenvalue weighted by Gasteiger charge is -2.25. The van der Waals surface area contributed by atoms with Crippen LogP contribution in [0.3, 0.4) is 0 Å². The van der Waals surface area contributed by atoms with Crippen molar-refractivity contribution >= 4 is 17.3 Å². The molecule has 4 heteroatoms. The van der Waals surface area contributed by atoms with Gasteiger partial charge in [0.1, 0.15) is 0 Å². The molecule has 0 aliphatic heterocycles. The Morgan fingerprint density at radius 2 is 2.05 bits per heavy atom. The number of nitrogens with zero attached hydrogens (tertiary/aromatic N) is 2. The average Bonchev–Trinajstić information content (AvgIpc) is 3.20. The van der Waals surface area contributed by atoms with Crippen LogP contribution in [0.2, 0.25) is 0 Å². The van der Waals surface area contributed by atoms with Crippen molar-refractivity contribution in [3.05, 3.63) is 23.8 Å². The highest BCUT2D eigenvalue weighted by atomic mass is 16.2. The van der Waals surface area contributed by atoms with Crippen molar-refractivity contribution in [1.82, 2.24) is 4.90 Å². The van der Waals surface area contributed by atoms with Crippen LogP contribution in [0.1, 0.15) is 30.1 Å². The largest absolute Gasteiger partial charge is 0.397 e. The summed E-state index contributed by atoms with van der Waals surface area (Å²) in [5, 5.41) is 0. The van der Waals surface area contributed by atoms with Gasteiger partial charge in [-0.15, -0.1) is 0 Å². The molecule has 1 amide bonds. The molecule has 0 unspecified atom stereocenters. The molecule has 2 N–H and O–H groups in total. The zero-order chi connectivity index (χ0) is 14.0. The first kappa shape index (κ1) is 13.7. The van der Waals surface area contributed by atoms with Crippen LogP contribution in [0.5, 0.6) is 0 Å². The zero-order valence-corrected chi connectivity index (χ0v) is 12.0. The topological polar surface area (TPSA) is 49.6 Å². The SMILES string of the molecule is CCN(CC1CC1)c1cc(C(=O)N(C)C)ccc1N. The second-order valence-electron chi connectivity index (χ2n) is 5.46. The van der Waals surface area contributed by atoms with Crippen molar-refractivity contribution in [3.8, 4) is 0 Å².